The van der Waals surface area contributed by atoms with E-state index < -0.39 is 19.8 Å². The number of ether oxygens (including phenoxy) is 1. The first kappa shape index (κ1) is 24.3. The Kier molecular flexibility index (Phi) is 7.88. The predicted molar refractivity (Wildman–Crippen MR) is 141 cm³/mol. The number of hydrogen-bond acceptors (Lipinski definition) is 5. The Morgan fingerprint density at radius 3 is 2.32 bits per heavy atom. The molecule has 0 aliphatic heterocycles. The number of benzene rings is 4. The third kappa shape index (κ3) is 6.38. The molecule has 0 fully saturated rings. The van der Waals surface area contributed by atoms with Gasteiger partial charge in [-0.15, -0.1) is 0 Å². The minimum absolute atomic E-state index is 0.109. The van der Waals surface area contributed by atoms with E-state index in [1.807, 2.05) is 78.9 Å². The van der Waals surface area contributed by atoms with Crippen molar-refractivity contribution < 1.29 is 23.1 Å². The van der Waals surface area contributed by atoms with Crippen molar-refractivity contribution in [1.82, 2.24) is 5.09 Å². The molecular weight excluding hydrogens is 564 g/mol. The molecule has 34 heavy (non-hydrogen) atoms. The lowest BCUT2D eigenvalue weighted by atomic mass is 10.1. The largest absolute Gasteiger partial charge is 0.513 e. The molecule has 1 unspecified atom stereocenters. The molecule has 174 valence electrons. The van der Waals surface area contributed by atoms with E-state index in [9.17, 15) is 9.36 Å². The van der Waals surface area contributed by atoms with Gasteiger partial charge in [0.1, 0.15) is 24.1 Å². The number of carbonyl (C=O) groups is 1. The van der Waals surface area contributed by atoms with Gasteiger partial charge in [0.15, 0.2) is 0 Å². The highest BCUT2D eigenvalue weighted by molar-refractivity contribution is 14.1. The lowest BCUT2D eigenvalue weighted by Crippen LogP contribution is -2.35. The molecular formula is C26H23INO5P. The SMILES string of the molecule is C[C@H](NP(=O)(Oc1ccc(I)cc1)Oc1cccc2ccccc12)C(=O)OCc1ccccc1. The van der Waals surface area contributed by atoms with Crippen molar-refractivity contribution in [3.05, 3.63) is 106 Å². The summed E-state index contributed by atoms with van der Waals surface area (Å²) in [7, 11) is -4.04. The zero-order valence-electron chi connectivity index (χ0n) is 18.4. The molecule has 4 aromatic rings. The first-order chi connectivity index (χ1) is 16.4. The molecule has 0 saturated heterocycles. The molecule has 1 N–H and O–H groups in total. The fraction of sp³-hybridized carbons (Fsp3) is 0.115. The van der Waals surface area contributed by atoms with Gasteiger partial charge in [0.2, 0.25) is 0 Å². The van der Waals surface area contributed by atoms with Gasteiger partial charge in [-0.25, -0.2) is 4.57 Å². The molecule has 0 radical (unpaired) electrons. The molecule has 0 spiro atoms. The Labute approximate surface area is 212 Å². The van der Waals surface area contributed by atoms with Crippen LogP contribution in [-0.2, 0) is 20.7 Å². The summed E-state index contributed by atoms with van der Waals surface area (Å²) in [5.41, 5.74) is 0.855. The molecule has 4 rings (SSSR count). The Balaban J connectivity index is 1.56. The number of nitrogens with one attached hydrogen (secondary N) is 1. The van der Waals surface area contributed by atoms with Crippen LogP contribution in [0.1, 0.15) is 12.5 Å². The standard InChI is InChI=1S/C26H23INO5P/c1-19(26(29)31-18-20-8-3-2-4-9-20)28-34(30,32-23-16-14-22(27)15-17-23)33-25-13-7-11-21-10-5-6-12-24(21)25/h2-17,19H,18H2,1H3,(H,28,30)/t19-,34?/m0/s1. The third-order valence-electron chi connectivity index (χ3n) is 4.94. The van der Waals surface area contributed by atoms with Gasteiger partial charge in [-0.05, 0) is 70.8 Å². The van der Waals surface area contributed by atoms with Crippen molar-refractivity contribution in [2.75, 3.05) is 0 Å². The highest BCUT2D eigenvalue weighted by atomic mass is 127. The van der Waals surface area contributed by atoms with Gasteiger partial charge in [-0.3, -0.25) is 4.79 Å². The molecule has 4 aromatic carbocycles. The van der Waals surface area contributed by atoms with Crippen LogP contribution in [0, 0.1) is 3.57 Å². The van der Waals surface area contributed by atoms with Crippen LogP contribution in [0.15, 0.2) is 97.1 Å². The average molecular weight is 587 g/mol. The van der Waals surface area contributed by atoms with Crippen LogP contribution in [0.3, 0.4) is 0 Å². The minimum Gasteiger partial charge on any atom is -0.460 e. The Hall–Kier alpha value is -2.87. The Bertz CT molecular complexity index is 1310. The van der Waals surface area contributed by atoms with Crippen LogP contribution < -0.4 is 14.1 Å². The summed E-state index contributed by atoms with van der Waals surface area (Å²) >= 11 is 2.17. The van der Waals surface area contributed by atoms with Crippen LogP contribution in [0.2, 0.25) is 0 Å². The molecule has 8 heteroatoms. The molecule has 0 heterocycles. The molecule has 0 bridgehead atoms. The van der Waals surface area contributed by atoms with Crippen LogP contribution in [0.4, 0.5) is 0 Å². The monoisotopic (exact) mass is 587 g/mol. The van der Waals surface area contributed by atoms with Crippen molar-refractivity contribution in [1.29, 1.82) is 0 Å². The predicted octanol–water partition coefficient (Wildman–Crippen LogP) is 6.73. The summed E-state index contributed by atoms with van der Waals surface area (Å²) in [6.07, 6.45) is 0. The number of hydrogen-bond donors (Lipinski definition) is 1. The highest BCUT2D eigenvalue weighted by Gasteiger charge is 2.34. The van der Waals surface area contributed by atoms with E-state index in [-0.39, 0.29) is 6.61 Å². The molecule has 0 saturated carbocycles. The van der Waals surface area contributed by atoms with E-state index >= 15 is 0 Å². The van der Waals surface area contributed by atoms with Gasteiger partial charge in [0, 0.05) is 8.96 Å². The van der Waals surface area contributed by atoms with Crippen molar-refractivity contribution in [2.45, 2.75) is 19.6 Å². The number of esters is 1. The third-order valence-corrected chi connectivity index (χ3v) is 7.25. The van der Waals surface area contributed by atoms with Gasteiger partial charge < -0.3 is 13.8 Å². The van der Waals surface area contributed by atoms with E-state index in [1.165, 1.54) is 0 Å². The molecule has 0 aliphatic carbocycles. The maximum atomic E-state index is 13.9. The molecule has 2 atom stereocenters. The molecule has 0 amide bonds. The number of fused-ring (bicyclic) bond motifs is 1. The number of rotatable bonds is 9. The summed E-state index contributed by atoms with van der Waals surface area (Å²) in [6.45, 7) is 1.67. The van der Waals surface area contributed by atoms with Crippen molar-refractivity contribution in [3.63, 3.8) is 0 Å². The minimum atomic E-state index is -4.04. The molecule has 0 aromatic heterocycles. The lowest BCUT2D eigenvalue weighted by Gasteiger charge is -2.23. The summed E-state index contributed by atoms with van der Waals surface area (Å²) in [5, 5.41) is 4.44. The first-order valence-electron chi connectivity index (χ1n) is 10.6. The molecule has 6 nitrogen and oxygen atoms in total. The highest BCUT2D eigenvalue weighted by Crippen LogP contribution is 2.47. The van der Waals surface area contributed by atoms with Crippen molar-refractivity contribution >= 4 is 47.1 Å². The topological polar surface area (TPSA) is 73.9 Å². The van der Waals surface area contributed by atoms with Crippen LogP contribution in [0.25, 0.3) is 10.8 Å². The number of carbonyl (C=O) groups excluding carboxylic acids is 1. The van der Waals surface area contributed by atoms with Crippen molar-refractivity contribution in [3.8, 4) is 11.5 Å². The van der Waals surface area contributed by atoms with E-state index in [0.29, 0.717) is 11.5 Å². The van der Waals surface area contributed by atoms with Crippen LogP contribution in [-0.4, -0.2) is 12.0 Å². The van der Waals surface area contributed by atoms with Gasteiger partial charge in [-0.1, -0.05) is 66.7 Å². The van der Waals surface area contributed by atoms with E-state index in [0.717, 1.165) is 19.9 Å². The summed E-state index contributed by atoms with van der Waals surface area (Å²) in [6, 6.07) is 28.5. The first-order valence-corrected chi connectivity index (χ1v) is 13.2. The smallest absolute Gasteiger partial charge is 0.460 e. The van der Waals surface area contributed by atoms with Gasteiger partial charge in [0.05, 0.1) is 0 Å². The Morgan fingerprint density at radius 2 is 1.56 bits per heavy atom. The normalized spacial score (nSPS) is 13.6. The fourth-order valence-electron chi connectivity index (χ4n) is 3.25. The summed E-state index contributed by atoms with van der Waals surface area (Å²) in [4.78, 5) is 12.6. The lowest BCUT2D eigenvalue weighted by molar-refractivity contribution is -0.146. The van der Waals surface area contributed by atoms with Gasteiger partial charge in [-0.2, -0.15) is 5.09 Å². The second-order valence-electron chi connectivity index (χ2n) is 7.56. The number of halogens is 1. The Morgan fingerprint density at radius 1 is 0.882 bits per heavy atom. The van der Waals surface area contributed by atoms with Gasteiger partial charge in [0.25, 0.3) is 0 Å². The second-order valence-corrected chi connectivity index (χ2v) is 10.4. The zero-order valence-corrected chi connectivity index (χ0v) is 21.4. The van der Waals surface area contributed by atoms with Crippen LogP contribution >= 0.6 is 30.3 Å². The second kappa shape index (κ2) is 11.0. The van der Waals surface area contributed by atoms with E-state index in [1.54, 1.807) is 25.1 Å². The summed E-state index contributed by atoms with van der Waals surface area (Å²) < 4.78 is 32.0. The van der Waals surface area contributed by atoms with Crippen LogP contribution in [0.5, 0.6) is 11.5 Å². The van der Waals surface area contributed by atoms with Crippen molar-refractivity contribution in [2.24, 2.45) is 0 Å². The van der Waals surface area contributed by atoms with E-state index in [2.05, 4.69) is 27.7 Å². The maximum absolute atomic E-state index is 13.9. The van der Waals surface area contributed by atoms with Gasteiger partial charge >= 0.3 is 13.7 Å². The van der Waals surface area contributed by atoms with E-state index in [4.69, 9.17) is 13.8 Å². The average Bonchev–Trinajstić information content (AvgIpc) is 2.84. The fourth-order valence-corrected chi connectivity index (χ4v) is 5.15. The zero-order chi connectivity index (χ0) is 24.0. The molecule has 0 aliphatic rings. The maximum Gasteiger partial charge on any atom is 0.513 e. The quantitative estimate of drug-likeness (QED) is 0.133. The summed E-state index contributed by atoms with van der Waals surface area (Å²) in [5.74, 6) is 0.155.